The number of hydrogen-bond acceptors (Lipinski definition) is 2. The highest BCUT2D eigenvalue weighted by Crippen LogP contribution is 2.16. The molecule has 0 bridgehead atoms. The molecule has 0 radical (unpaired) electrons. The van der Waals surface area contributed by atoms with Crippen molar-refractivity contribution in [2.45, 2.75) is 20.4 Å². The molecule has 0 spiro atoms. The van der Waals surface area contributed by atoms with E-state index in [-0.39, 0.29) is 5.82 Å². The summed E-state index contributed by atoms with van der Waals surface area (Å²) in [5.74, 6) is 0.679. The maximum atomic E-state index is 13.5. The molecular weight excluding hydrogens is 295 g/mol. The molecule has 0 amide bonds. The van der Waals surface area contributed by atoms with Gasteiger partial charge in [-0.2, -0.15) is 0 Å². The van der Waals surface area contributed by atoms with Crippen LogP contribution in [-0.2, 0) is 6.54 Å². The van der Waals surface area contributed by atoms with Gasteiger partial charge in [-0.1, -0.05) is 12.1 Å². The van der Waals surface area contributed by atoms with E-state index in [0.29, 0.717) is 17.7 Å². The molecule has 0 fully saturated rings. The van der Waals surface area contributed by atoms with Crippen molar-refractivity contribution < 1.29 is 4.39 Å². The molecule has 1 heterocycles. The third-order valence-electron chi connectivity index (χ3n) is 2.70. The minimum atomic E-state index is -0.125. The summed E-state index contributed by atoms with van der Waals surface area (Å²) in [7, 11) is 0. The van der Waals surface area contributed by atoms with Crippen molar-refractivity contribution >= 4 is 21.7 Å². The van der Waals surface area contributed by atoms with E-state index in [1.165, 1.54) is 0 Å². The van der Waals surface area contributed by atoms with Crippen LogP contribution in [0.4, 0.5) is 10.2 Å². The monoisotopic (exact) mass is 308 g/mol. The number of nitrogens with zero attached hydrogens (tertiary/aromatic N) is 1. The van der Waals surface area contributed by atoms with Crippen LogP contribution in [0.5, 0.6) is 0 Å². The van der Waals surface area contributed by atoms with Crippen molar-refractivity contribution in [2.75, 3.05) is 5.32 Å². The van der Waals surface area contributed by atoms with E-state index in [4.69, 9.17) is 0 Å². The van der Waals surface area contributed by atoms with Crippen LogP contribution < -0.4 is 5.32 Å². The number of pyridine rings is 1. The van der Waals surface area contributed by atoms with Gasteiger partial charge in [0.05, 0.1) is 0 Å². The lowest BCUT2D eigenvalue weighted by atomic mass is 10.1. The van der Waals surface area contributed by atoms with Crippen LogP contribution in [0.2, 0.25) is 0 Å². The first kappa shape index (κ1) is 13.0. The molecule has 0 atom stereocenters. The Kier molecular flexibility index (Phi) is 3.97. The molecule has 18 heavy (non-hydrogen) atoms. The highest BCUT2D eigenvalue weighted by Gasteiger charge is 2.04. The number of anilines is 1. The van der Waals surface area contributed by atoms with Crippen molar-refractivity contribution in [1.29, 1.82) is 0 Å². The van der Waals surface area contributed by atoms with Crippen LogP contribution in [0, 0.1) is 19.7 Å². The summed E-state index contributed by atoms with van der Waals surface area (Å²) in [5, 5.41) is 3.21. The topological polar surface area (TPSA) is 24.9 Å². The summed E-state index contributed by atoms with van der Waals surface area (Å²) in [6.07, 6.45) is 1.74. The molecule has 4 heteroatoms. The van der Waals surface area contributed by atoms with E-state index in [0.717, 1.165) is 15.9 Å². The first-order chi connectivity index (χ1) is 8.56. The van der Waals surface area contributed by atoms with Crippen molar-refractivity contribution in [3.63, 3.8) is 0 Å². The number of aromatic nitrogens is 1. The number of rotatable bonds is 3. The van der Waals surface area contributed by atoms with Crippen LogP contribution in [0.15, 0.2) is 34.9 Å². The molecule has 1 N–H and O–H groups in total. The molecule has 1 aromatic heterocycles. The Labute approximate surface area is 114 Å². The van der Waals surface area contributed by atoms with Crippen LogP contribution in [0.25, 0.3) is 0 Å². The Morgan fingerprint density at radius 1 is 1.22 bits per heavy atom. The average molecular weight is 309 g/mol. The summed E-state index contributed by atoms with van der Waals surface area (Å²) in [6.45, 7) is 4.20. The summed E-state index contributed by atoms with van der Waals surface area (Å²) in [6, 6.07) is 7.53. The highest BCUT2D eigenvalue weighted by atomic mass is 79.9. The smallest absolute Gasteiger partial charge is 0.129 e. The van der Waals surface area contributed by atoms with E-state index >= 15 is 0 Å². The summed E-state index contributed by atoms with van der Waals surface area (Å²) >= 11 is 3.34. The second kappa shape index (κ2) is 5.48. The van der Waals surface area contributed by atoms with Gasteiger partial charge in [0.15, 0.2) is 0 Å². The van der Waals surface area contributed by atoms with Crippen LogP contribution in [0.3, 0.4) is 0 Å². The van der Waals surface area contributed by atoms with Gasteiger partial charge in [0.1, 0.15) is 11.6 Å². The fourth-order valence-corrected chi connectivity index (χ4v) is 2.05. The lowest BCUT2D eigenvalue weighted by molar-refractivity contribution is 0.608. The lowest BCUT2D eigenvalue weighted by Gasteiger charge is -2.09. The standard InChI is InChI=1S/C14H14BrFN2/c1-9-5-11(6-10(2)14(9)16)7-17-13-4-3-12(15)8-18-13/h3-6,8H,7H2,1-2H3,(H,17,18). The second-order valence-corrected chi connectivity index (χ2v) is 5.17. The van der Waals surface area contributed by atoms with Gasteiger partial charge in [-0.25, -0.2) is 9.37 Å². The SMILES string of the molecule is Cc1cc(CNc2ccc(Br)cn2)cc(C)c1F. The van der Waals surface area contributed by atoms with E-state index in [1.807, 2.05) is 24.3 Å². The van der Waals surface area contributed by atoms with Crippen LogP contribution >= 0.6 is 15.9 Å². The molecule has 0 aliphatic heterocycles. The Balaban J connectivity index is 2.08. The van der Waals surface area contributed by atoms with Gasteiger partial charge in [-0.05, 0) is 58.6 Å². The fourth-order valence-electron chi connectivity index (χ4n) is 1.81. The number of benzene rings is 1. The van der Waals surface area contributed by atoms with E-state index in [1.54, 1.807) is 20.0 Å². The quantitative estimate of drug-likeness (QED) is 0.918. The molecule has 2 aromatic rings. The summed E-state index contributed by atoms with van der Waals surface area (Å²) < 4.78 is 14.4. The zero-order valence-corrected chi connectivity index (χ0v) is 11.9. The van der Waals surface area contributed by atoms with Gasteiger partial charge in [0.25, 0.3) is 0 Å². The average Bonchev–Trinajstić information content (AvgIpc) is 2.35. The number of hydrogen-bond donors (Lipinski definition) is 1. The predicted octanol–water partition coefficient (Wildman–Crippen LogP) is 4.21. The van der Waals surface area contributed by atoms with Crippen LogP contribution in [-0.4, -0.2) is 4.98 Å². The van der Waals surface area contributed by atoms with E-state index in [2.05, 4.69) is 26.2 Å². The molecule has 0 aliphatic carbocycles. The largest absolute Gasteiger partial charge is 0.366 e. The summed E-state index contributed by atoms with van der Waals surface area (Å²) in [4.78, 5) is 4.22. The molecule has 0 saturated carbocycles. The third-order valence-corrected chi connectivity index (χ3v) is 3.17. The summed E-state index contributed by atoms with van der Waals surface area (Å²) in [5.41, 5.74) is 2.40. The van der Waals surface area contributed by atoms with Gasteiger partial charge in [0, 0.05) is 17.2 Å². The number of nitrogens with one attached hydrogen (secondary N) is 1. The molecule has 0 saturated heterocycles. The van der Waals surface area contributed by atoms with E-state index < -0.39 is 0 Å². The molecule has 2 nitrogen and oxygen atoms in total. The molecule has 2 rings (SSSR count). The molecular formula is C14H14BrFN2. The maximum Gasteiger partial charge on any atom is 0.129 e. The zero-order chi connectivity index (χ0) is 13.1. The van der Waals surface area contributed by atoms with Crippen molar-refractivity contribution in [2.24, 2.45) is 0 Å². The van der Waals surface area contributed by atoms with Gasteiger partial charge in [-0.3, -0.25) is 0 Å². The number of aryl methyl sites for hydroxylation is 2. The predicted molar refractivity (Wildman–Crippen MR) is 75.1 cm³/mol. The Hall–Kier alpha value is -1.42. The first-order valence-electron chi connectivity index (χ1n) is 5.67. The Morgan fingerprint density at radius 3 is 2.44 bits per heavy atom. The second-order valence-electron chi connectivity index (χ2n) is 4.26. The van der Waals surface area contributed by atoms with Gasteiger partial charge in [0.2, 0.25) is 0 Å². The van der Waals surface area contributed by atoms with Crippen LogP contribution in [0.1, 0.15) is 16.7 Å². The molecule has 0 aliphatic rings. The fraction of sp³-hybridized carbons (Fsp3) is 0.214. The van der Waals surface area contributed by atoms with Gasteiger partial charge < -0.3 is 5.32 Å². The third kappa shape index (κ3) is 3.07. The minimum Gasteiger partial charge on any atom is -0.366 e. The minimum absolute atomic E-state index is 0.125. The van der Waals surface area contributed by atoms with Crippen molar-refractivity contribution in [3.8, 4) is 0 Å². The first-order valence-corrected chi connectivity index (χ1v) is 6.46. The van der Waals surface area contributed by atoms with Crippen molar-refractivity contribution in [3.05, 3.63) is 57.4 Å². The maximum absolute atomic E-state index is 13.5. The van der Waals surface area contributed by atoms with Gasteiger partial charge in [-0.15, -0.1) is 0 Å². The molecule has 0 unspecified atom stereocenters. The van der Waals surface area contributed by atoms with E-state index in [9.17, 15) is 4.39 Å². The van der Waals surface area contributed by atoms with Gasteiger partial charge >= 0.3 is 0 Å². The normalized spacial score (nSPS) is 10.4. The Bertz CT molecular complexity index is 529. The highest BCUT2D eigenvalue weighted by molar-refractivity contribution is 9.10. The lowest BCUT2D eigenvalue weighted by Crippen LogP contribution is -2.02. The molecule has 1 aromatic carbocycles. The molecule has 94 valence electrons. The Morgan fingerprint density at radius 2 is 1.89 bits per heavy atom. The van der Waals surface area contributed by atoms with Crippen molar-refractivity contribution in [1.82, 2.24) is 4.98 Å². The number of halogens is 2. The zero-order valence-electron chi connectivity index (χ0n) is 10.3.